The lowest BCUT2D eigenvalue weighted by Crippen LogP contribution is -2.44. The molecule has 0 radical (unpaired) electrons. The molecule has 2 heterocycles. The number of piperidine rings is 1. The average molecular weight is 287 g/mol. The predicted octanol–water partition coefficient (Wildman–Crippen LogP) is 1.31. The third kappa shape index (κ3) is 2.73. The Balaban J connectivity index is 1.71. The molecule has 2 aliphatic heterocycles. The molecule has 21 heavy (non-hydrogen) atoms. The molecular weight excluding hydrogens is 266 g/mol. The van der Waals surface area contributed by atoms with Crippen LogP contribution in [0.25, 0.3) is 0 Å². The predicted molar refractivity (Wildman–Crippen MR) is 80.8 cm³/mol. The van der Waals surface area contributed by atoms with E-state index in [1.165, 1.54) is 0 Å². The third-order valence-corrected chi connectivity index (χ3v) is 4.59. The summed E-state index contributed by atoms with van der Waals surface area (Å²) in [7, 11) is 0. The Kier molecular flexibility index (Phi) is 3.82. The van der Waals surface area contributed by atoms with E-state index < -0.39 is 0 Å². The number of rotatable bonds is 2. The highest BCUT2D eigenvalue weighted by atomic mass is 16.2. The molecule has 0 aliphatic carbocycles. The zero-order chi connectivity index (χ0) is 14.8. The van der Waals surface area contributed by atoms with E-state index in [4.69, 9.17) is 5.73 Å². The van der Waals surface area contributed by atoms with Crippen LogP contribution in [-0.4, -0.2) is 36.3 Å². The van der Waals surface area contributed by atoms with Gasteiger partial charge in [-0.25, -0.2) is 0 Å². The molecule has 2 aliphatic rings. The van der Waals surface area contributed by atoms with Gasteiger partial charge in [-0.15, -0.1) is 0 Å². The summed E-state index contributed by atoms with van der Waals surface area (Å²) in [4.78, 5) is 25.9. The Bertz CT molecular complexity index is 550. The van der Waals surface area contributed by atoms with Gasteiger partial charge in [0, 0.05) is 31.2 Å². The van der Waals surface area contributed by atoms with Crippen LogP contribution in [0.3, 0.4) is 0 Å². The first-order chi connectivity index (χ1) is 10.2. The number of hydrogen-bond acceptors (Lipinski definition) is 3. The van der Waals surface area contributed by atoms with Crippen LogP contribution in [0.15, 0.2) is 24.3 Å². The van der Waals surface area contributed by atoms with Gasteiger partial charge in [-0.3, -0.25) is 9.59 Å². The van der Waals surface area contributed by atoms with Crippen molar-refractivity contribution in [1.29, 1.82) is 0 Å². The van der Waals surface area contributed by atoms with Gasteiger partial charge in [0.2, 0.25) is 11.8 Å². The maximum absolute atomic E-state index is 12.8. The van der Waals surface area contributed by atoms with Crippen LogP contribution in [0.4, 0.5) is 5.69 Å². The van der Waals surface area contributed by atoms with Crippen molar-refractivity contribution in [3.8, 4) is 0 Å². The SMILES string of the molecule is NC(=O)C1CCN(C(=O)C2CCNc3ccccc32)CC1. The van der Waals surface area contributed by atoms with E-state index in [0.29, 0.717) is 25.9 Å². The van der Waals surface area contributed by atoms with Crippen molar-refractivity contribution in [2.24, 2.45) is 11.7 Å². The molecule has 0 saturated carbocycles. The lowest BCUT2D eigenvalue weighted by atomic mass is 9.88. The van der Waals surface area contributed by atoms with Crippen molar-refractivity contribution in [2.75, 3.05) is 25.0 Å². The molecule has 1 unspecified atom stereocenters. The largest absolute Gasteiger partial charge is 0.385 e. The fraction of sp³-hybridized carbons (Fsp3) is 0.500. The molecule has 1 fully saturated rings. The monoisotopic (exact) mass is 287 g/mol. The molecule has 1 aromatic rings. The fourth-order valence-electron chi connectivity index (χ4n) is 3.33. The number of carbonyl (C=O) groups is 2. The number of primary amides is 1. The minimum Gasteiger partial charge on any atom is -0.385 e. The standard InChI is InChI=1S/C16H21N3O2/c17-15(20)11-6-9-19(10-7-11)16(21)13-5-8-18-14-4-2-1-3-12(13)14/h1-4,11,13,18H,5-10H2,(H2,17,20). The molecule has 0 bridgehead atoms. The highest BCUT2D eigenvalue weighted by Gasteiger charge is 2.32. The van der Waals surface area contributed by atoms with Crippen molar-refractivity contribution >= 4 is 17.5 Å². The number of anilines is 1. The van der Waals surface area contributed by atoms with Gasteiger partial charge in [0.05, 0.1) is 5.92 Å². The first-order valence-electron chi connectivity index (χ1n) is 7.57. The topological polar surface area (TPSA) is 75.4 Å². The normalized spacial score (nSPS) is 22.3. The summed E-state index contributed by atoms with van der Waals surface area (Å²) >= 11 is 0. The number of hydrogen-bond donors (Lipinski definition) is 2. The van der Waals surface area contributed by atoms with Crippen molar-refractivity contribution in [2.45, 2.75) is 25.2 Å². The van der Waals surface area contributed by atoms with Gasteiger partial charge >= 0.3 is 0 Å². The van der Waals surface area contributed by atoms with Gasteiger partial charge in [-0.05, 0) is 30.9 Å². The summed E-state index contributed by atoms with van der Waals surface area (Å²) < 4.78 is 0. The minimum absolute atomic E-state index is 0.0624. The van der Waals surface area contributed by atoms with Crippen LogP contribution >= 0.6 is 0 Å². The summed E-state index contributed by atoms with van der Waals surface area (Å²) in [5, 5.41) is 3.34. The maximum Gasteiger partial charge on any atom is 0.230 e. The van der Waals surface area contributed by atoms with Crippen molar-refractivity contribution < 1.29 is 9.59 Å². The van der Waals surface area contributed by atoms with Crippen molar-refractivity contribution in [3.63, 3.8) is 0 Å². The number of carbonyl (C=O) groups excluding carboxylic acids is 2. The Morgan fingerprint density at radius 1 is 1.14 bits per heavy atom. The minimum atomic E-state index is -0.241. The summed E-state index contributed by atoms with van der Waals surface area (Å²) in [5.74, 6) is -0.192. The molecular formula is C16H21N3O2. The second kappa shape index (κ2) is 5.76. The van der Waals surface area contributed by atoms with E-state index in [2.05, 4.69) is 5.32 Å². The van der Waals surface area contributed by atoms with Crippen molar-refractivity contribution in [1.82, 2.24) is 4.90 Å². The lowest BCUT2D eigenvalue weighted by molar-refractivity contribution is -0.136. The van der Waals surface area contributed by atoms with E-state index in [1.807, 2.05) is 29.2 Å². The number of benzene rings is 1. The first kappa shape index (κ1) is 13.9. The van der Waals surface area contributed by atoms with Crippen molar-refractivity contribution in [3.05, 3.63) is 29.8 Å². The van der Waals surface area contributed by atoms with E-state index in [9.17, 15) is 9.59 Å². The van der Waals surface area contributed by atoms with Gasteiger partial charge in [0.25, 0.3) is 0 Å². The molecule has 3 N–H and O–H groups in total. The van der Waals surface area contributed by atoms with E-state index in [-0.39, 0.29) is 23.7 Å². The number of amides is 2. The molecule has 2 amide bonds. The maximum atomic E-state index is 12.8. The van der Waals surface area contributed by atoms with Crippen LogP contribution in [0.2, 0.25) is 0 Å². The Morgan fingerprint density at radius 3 is 2.57 bits per heavy atom. The van der Waals surface area contributed by atoms with Gasteiger partial charge in [-0.1, -0.05) is 18.2 Å². The summed E-state index contributed by atoms with van der Waals surface area (Å²) in [6.07, 6.45) is 2.20. The highest BCUT2D eigenvalue weighted by molar-refractivity contribution is 5.86. The number of likely N-dealkylation sites (tertiary alicyclic amines) is 1. The summed E-state index contributed by atoms with van der Waals surface area (Å²) in [6, 6.07) is 8.01. The summed E-state index contributed by atoms with van der Waals surface area (Å²) in [6.45, 7) is 2.10. The molecule has 3 rings (SSSR count). The Hall–Kier alpha value is -2.04. The Morgan fingerprint density at radius 2 is 1.86 bits per heavy atom. The van der Waals surface area contributed by atoms with Crippen LogP contribution in [0.5, 0.6) is 0 Å². The molecule has 112 valence electrons. The molecule has 1 atom stereocenters. The fourth-order valence-corrected chi connectivity index (χ4v) is 3.33. The van der Waals surface area contributed by atoms with Crippen LogP contribution in [0.1, 0.15) is 30.7 Å². The molecule has 0 aromatic heterocycles. The number of nitrogens with two attached hydrogens (primary N) is 1. The number of nitrogens with zero attached hydrogens (tertiary/aromatic N) is 1. The second-order valence-corrected chi connectivity index (χ2v) is 5.86. The number of para-hydroxylation sites is 1. The zero-order valence-electron chi connectivity index (χ0n) is 12.0. The number of nitrogens with one attached hydrogen (secondary N) is 1. The average Bonchev–Trinajstić information content (AvgIpc) is 2.53. The summed E-state index contributed by atoms with van der Waals surface area (Å²) in [5.41, 5.74) is 7.50. The van der Waals surface area contributed by atoms with Gasteiger partial charge in [0.1, 0.15) is 0 Å². The number of fused-ring (bicyclic) bond motifs is 1. The molecule has 1 saturated heterocycles. The molecule has 5 heteroatoms. The molecule has 0 spiro atoms. The van der Waals surface area contributed by atoms with Gasteiger partial charge < -0.3 is 16.0 Å². The van der Waals surface area contributed by atoms with Crippen LogP contribution < -0.4 is 11.1 Å². The highest BCUT2D eigenvalue weighted by Crippen LogP contribution is 2.33. The quantitative estimate of drug-likeness (QED) is 0.861. The van der Waals surface area contributed by atoms with E-state index >= 15 is 0 Å². The second-order valence-electron chi connectivity index (χ2n) is 5.86. The molecule has 1 aromatic carbocycles. The van der Waals surface area contributed by atoms with Crippen LogP contribution in [0, 0.1) is 5.92 Å². The molecule has 5 nitrogen and oxygen atoms in total. The van der Waals surface area contributed by atoms with Gasteiger partial charge in [-0.2, -0.15) is 0 Å². The Labute approximate surface area is 124 Å². The first-order valence-corrected chi connectivity index (χ1v) is 7.57. The van der Waals surface area contributed by atoms with E-state index in [0.717, 1.165) is 24.2 Å². The van der Waals surface area contributed by atoms with Gasteiger partial charge in [0.15, 0.2) is 0 Å². The lowest BCUT2D eigenvalue weighted by Gasteiger charge is -2.35. The zero-order valence-corrected chi connectivity index (χ0v) is 12.0. The van der Waals surface area contributed by atoms with Crippen LogP contribution in [-0.2, 0) is 9.59 Å². The van der Waals surface area contributed by atoms with E-state index in [1.54, 1.807) is 0 Å². The third-order valence-electron chi connectivity index (χ3n) is 4.59. The smallest absolute Gasteiger partial charge is 0.230 e.